The Morgan fingerprint density at radius 2 is 2.50 bits per heavy atom. The highest BCUT2D eigenvalue weighted by molar-refractivity contribution is 9.09. The van der Waals surface area contributed by atoms with Gasteiger partial charge in [-0.15, -0.1) is 0 Å². The van der Waals surface area contributed by atoms with Crippen molar-refractivity contribution < 1.29 is 14.6 Å². The van der Waals surface area contributed by atoms with Crippen molar-refractivity contribution >= 4 is 22.0 Å². The van der Waals surface area contributed by atoms with Gasteiger partial charge in [0, 0.05) is 5.33 Å². The van der Waals surface area contributed by atoms with E-state index in [9.17, 15) is 4.79 Å². The third kappa shape index (κ3) is 2.10. The van der Waals surface area contributed by atoms with Crippen LogP contribution in [0.5, 0.6) is 0 Å². The van der Waals surface area contributed by atoms with Gasteiger partial charge in [0.1, 0.15) is 0 Å². The number of halogens is 1. The SMILES string of the molecule is CC1CO[C@H](CBr)CN1C(=O)O. The molecular formula is C7H12BrNO3. The van der Waals surface area contributed by atoms with Gasteiger partial charge < -0.3 is 14.7 Å². The molecule has 0 aromatic heterocycles. The van der Waals surface area contributed by atoms with E-state index in [1.165, 1.54) is 4.90 Å². The zero-order chi connectivity index (χ0) is 9.14. The number of hydrogen-bond acceptors (Lipinski definition) is 2. The molecule has 5 heteroatoms. The summed E-state index contributed by atoms with van der Waals surface area (Å²) in [6.45, 7) is 2.79. The number of alkyl halides is 1. The number of carboxylic acid groups (broad SMARTS) is 1. The van der Waals surface area contributed by atoms with Crippen LogP contribution in [0.1, 0.15) is 6.92 Å². The van der Waals surface area contributed by atoms with Gasteiger partial charge in [-0.25, -0.2) is 4.79 Å². The molecule has 1 fully saturated rings. The molecule has 0 aromatic rings. The van der Waals surface area contributed by atoms with Crippen LogP contribution in [0.3, 0.4) is 0 Å². The number of nitrogens with zero attached hydrogens (tertiary/aromatic N) is 1. The van der Waals surface area contributed by atoms with Crippen LogP contribution in [0.4, 0.5) is 4.79 Å². The van der Waals surface area contributed by atoms with Crippen molar-refractivity contribution in [2.24, 2.45) is 0 Å². The summed E-state index contributed by atoms with van der Waals surface area (Å²) in [5.74, 6) is 0. The van der Waals surface area contributed by atoms with E-state index in [0.29, 0.717) is 18.5 Å². The molecule has 0 aromatic carbocycles. The predicted molar refractivity (Wildman–Crippen MR) is 47.7 cm³/mol. The maximum absolute atomic E-state index is 10.7. The molecule has 0 bridgehead atoms. The fourth-order valence-electron chi connectivity index (χ4n) is 1.18. The molecular weight excluding hydrogens is 226 g/mol. The van der Waals surface area contributed by atoms with Crippen molar-refractivity contribution in [1.82, 2.24) is 4.90 Å². The van der Waals surface area contributed by atoms with Gasteiger partial charge in [-0.2, -0.15) is 0 Å². The van der Waals surface area contributed by atoms with E-state index in [0.717, 1.165) is 0 Å². The first-order valence-electron chi connectivity index (χ1n) is 3.82. The smallest absolute Gasteiger partial charge is 0.407 e. The molecule has 1 aliphatic heterocycles. The minimum absolute atomic E-state index is 0.00250. The lowest BCUT2D eigenvalue weighted by molar-refractivity contribution is -0.0374. The van der Waals surface area contributed by atoms with Crippen molar-refractivity contribution in [2.75, 3.05) is 18.5 Å². The van der Waals surface area contributed by atoms with Crippen LogP contribution in [0.25, 0.3) is 0 Å². The molecule has 1 N–H and O–H groups in total. The minimum atomic E-state index is -0.864. The molecule has 0 radical (unpaired) electrons. The largest absolute Gasteiger partial charge is 0.465 e. The van der Waals surface area contributed by atoms with Gasteiger partial charge in [-0.05, 0) is 6.92 Å². The Hall–Kier alpha value is -0.290. The van der Waals surface area contributed by atoms with Gasteiger partial charge in [0.2, 0.25) is 0 Å². The first kappa shape index (κ1) is 9.80. The van der Waals surface area contributed by atoms with Crippen LogP contribution in [0.15, 0.2) is 0 Å². The third-order valence-corrected chi connectivity index (χ3v) is 2.65. The molecule has 1 amide bonds. The van der Waals surface area contributed by atoms with Gasteiger partial charge in [-0.1, -0.05) is 15.9 Å². The zero-order valence-corrected chi connectivity index (χ0v) is 8.45. The van der Waals surface area contributed by atoms with Crippen LogP contribution >= 0.6 is 15.9 Å². The van der Waals surface area contributed by atoms with Crippen molar-refractivity contribution in [2.45, 2.75) is 19.1 Å². The van der Waals surface area contributed by atoms with E-state index >= 15 is 0 Å². The molecule has 12 heavy (non-hydrogen) atoms. The van der Waals surface area contributed by atoms with Crippen LogP contribution in [0, 0.1) is 0 Å². The van der Waals surface area contributed by atoms with Gasteiger partial charge in [0.25, 0.3) is 0 Å². The van der Waals surface area contributed by atoms with E-state index in [2.05, 4.69) is 15.9 Å². The number of ether oxygens (including phenoxy) is 1. The maximum atomic E-state index is 10.7. The van der Waals surface area contributed by atoms with Gasteiger partial charge >= 0.3 is 6.09 Å². The van der Waals surface area contributed by atoms with E-state index in [4.69, 9.17) is 9.84 Å². The lowest BCUT2D eigenvalue weighted by Crippen LogP contribution is -2.51. The van der Waals surface area contributed by atoms with Crippen molar-refractivity contribution in [3.8, 4) is 0 Å². The Kier molecular flexibility index (Phi) is 3.34. The second kappa shape index (κ2) is 4.09. The highest BCUT2D eigenvalue weighted by Gasteiger charge is 2.28. The Balaban J connectivity index is 2.53. The quantitative estimate of drug-likeness (QED) is 0.697. The fraction of sp³-hybridized carbons (Fsp3) is 0.857. The molecule has 4 nitrogen and oxygen atoms in total. The second-order valence-corrected chi connectivity index (χ2v) is 3.54. The van der Waals surface area contributed by atoms with E-state index in [1.54, 1.807) is 0 Å². The molecule has 1 saturated heterocycles. The predicted octanol–water partition coefficient (Wildman–Crippen LogP) is 1.15. The Labute approximate surface area is 79.6 Å². The highest BCUT2D eigenvalue weighted by Crippen LogP contribution is 2.12. The lowest BCUT2D eigenvalue weighted by atomic mass is 10.2. The molecule has 0 spiro atoms. The molecule has 0 aliphatic carbocycles. The first-order valence-corrected chi connectivity index (χ1v) is 4.94. The fourth-order valence-corrected chi connectivity index (χ4v) is 1.57. The van der Waals surface area contributed by atoms with Crippen LogP contribution in [-0.2, 0) is 4.74 Å². The zero-order valence-electron chi connectivity index (χ0n) is 6.86. The lowest BCUT2D eigenvalue weighted by Gasteiger charge is -2.35. The summed E-state index contributed by atoms with van der Waals surface area (Å²) in [6.07, 6.45) is -0.867. The molecule has 0 saturated carbocycles. The van der Waals surface area contributed by atoms with Crippen LogP contribution in [0.2, 0.25) is 0 Å². The Morgan fingerprint density at radius 3 is 3.00 bits per heavy atom. The van der Waals surface area contributed by atoms with Crippen molar-refractivity contribution in [1.29, 1.82) is 0 Å². The Morgan fingerprint density at radius 1 is 1.83 bits per heavy atom. The molecule has 1 heterocycles. The minimum Gasteiger partial charge on any atom is -0.465 e. The molecule has 1 aliphatic rings. The highest BCUT2D eigenvalue weighted by atomic mass is 79.9. The van der Waals surface area contributed by atoms with E-state index in [1.807, 2.05) is 6.92 Å². The number of rotatable bonds is 1. The standard InChI is InChI=1S/C7H12BrNO3/c1-5-4-12-6(2-8)3-9(5)7(10)11/h5-6H,2-4H2,1H3,(H,10,11)/t5?,6-/m1/s1. The summed E-state index contributed by atoms with van der Waals surface area (Å²) in [6, 6.07) is -0.0298. The molecule has 1 unspecified atom stereocenters. The number of amides is 1. The monoisotopic (exact) mass is 237 g/mol. The van der Waals surface area contributed by atoms with Crippen LogP contribution < -0.4 is 0 Å². The maximum Gasteiger partial charge on any atom is 0.407 e. The topological polar surface area (TPSA) is 49.8 Å². The molecule has 1 rings (SSSR count). The average molecular weight is 238 g/mol. The average Bonchev–Trinajstić information content (AvgIpc) is 2.05. The number of morpholine rings is 1. The first-order chi connectivity index (χ1) is 5.65. The van der Waals surface area contributed by atoms with Crippen LogP contribution in [-0.4, -0.2) is 46.7 Å². The normalized spacial score (nSPS) is 30.3. The van der Waals surface area contributed by atoms with E-state index in [-0.39, 0.29) is 12.1 Å². The summed E-state index contributed by atoms with van der Waals surface area (Å²) >= 11 is 3.26. The summed E-state index contributed by atoms with van der Waals surface area (Å²) in [5, 5.41) is 9.46. The van der Waals surface area contributed by atoms with Crippen molar-refractivity contribution in [3.63, 3.8) is 0 Å². The molecule has 70 valence electrons. The van der Waals surface area contributed by atoms with Gasteiger partial charge in [-0.3, -0.25) is 0 Å². The summed E-state index contributed by atoms with van der Waals surface area (Å²) in [5.41, 5.74) is 0. The molecule has 2 atom stereocenters. The summed E-state index contributed by atoms with van der Waals surface area (Å²) in [4.78, 5) is 12.1. The summed E-state index contributed by atoms with van der Waals surface area (Å²) in [7, 11) is 0. The van der Waals surface area contributed by atoms with E-state index < -0.39 is 6.09 Å². The second-order valence-electron chi connectivity index (χ2n) is 2.89. The third-order valence-electron chi connectivity index (χ3n) is 1.92. The summed E-state index contributed by atoms with van der Waals surface area (Å²) < 4.78 is 5.37. The Bertz CT molecular complexity index is 176. The van der Waals surface area contributed by atoms with Gasteiger partial charge in [0.15, 0.2) is 0 Å². The number of hydrogen-bond donors (Lipinski definition) is 1. The number of carbonyl (C=O) groups is 1. The van der Waals surface area contributed by atoms with Crippen molar-refractivity contribution in [3.05, 3.63) is 0 Å². The van der Waals surface area contributed by atoms with Gasteiger partial charge in [0.05, 0.1) is 25.3 Å².